The molecule has 0 saturated carbocycles. The summed E-state index contributed by atoms with van der Waals surface area (Å²) < 4.78 is 4.07. The van der Waals surface area contributed by atoms with Gasteiger partial charge in [-0.2, -0.15) is 11.8 Å². The summed E-state index contributed by atoms with van der Waals surface area (Å²) in [4.78, 5) is 18.4. The Morgan fingerprint density at radius 2 is 2.15 bits per heavy atom. The van der Waals surface area contributed by atoms with E-state index in [1.54, 1.807) is 0 Å². The van der Waals surface area contributed by atoms with E-state index in [0.717, 1.165) is 49.6 Å². The number of hydrogen-bond acceptors (Lipinski definition) is 6. The summed E-state index contributed by atoms with van der Waals surface area (Å²) in [7, 11) is 0. The first kappa shape index (κ1) is 13.0. The van der Waals surface area contributed by atoms with E-state index in [1.807, 2.05) is 11.8 Å². The molecule has 0 aromatic carbocycles. The van der Waals surface area contributed by atoms with Crippen molar-refractivity contribution in [2.75, 3.05) is 31.1 Å². The fourth-order valence-corrected chi connectivity index (χ4v) is 5.37. The molecule has 4 heterocycles. The van der Waals surface area contributed by atoms with E-state index in [-0.39, 0.29) is 6.04 Å². The number of amides is 1. The van der Waals surface area contributed by atoms with Crippen molar-refractivity contribution in [2.45, 2.75) is 31.3 Å². The number of fused-ring (bicyclic) bond motifs is 4. The zero-order valence-corrected chi connectivity index (χ0v) is 13.0. The van der Waals surface area contributed by atoms with Gasteiger partial charge >= 0.3 is 0 Å². The second-order valence-electron chi connectivity index (χ2n) is 5.72. The van der Waals surface area contributed by atoms with Gasteiger partial charge in [-0.3, -0.25) is 9.69 Å². The number of carbonyl (C=O) groups is 1. The molecule has 2 bridgehead atoms. The van der Waals surface area contributed by atoms with Crippen molar-refractivity contribution < 1.29 is 4.79 Å². The van der Waals surface area contributed by atoms with Crippen molar-refractivity contribution in [1.82, 2.24) is 19.4 Å². The summed E-state index contributed by atoms with van der Waals surface area (Å²) in [5, 5.41) is 4.22. The van der Waals surface area contributed by atoms with Gasteiger partial charge in [0.05, 0.1) is 23.2 Å². The van der Waals surface area contributed by atoms with Gasteiger partial charge in [0.1, 0.15) is 0 Å². The number of thioether (sulfide) groups is 1. The SMILES string of the molecule is O=C(CN1CCSCC1)N1[C@@H]2CC[C@@H]1c1snnc1C2. The van der Waals surface area contributed by atoms with E-state index in [4.69, 9.17) is 0 Å². The minimum atomic E-state index is 0.260. The second-order valence-corrected chi connectivity index (χ2v) is 7.73. The lowest BCUT2D eigenvalue weighted by atomic mass is 10.1. The number of rotatable bonds is 2. The van der Waals surface area contributed by atoms with E-state index < -0.39 is 0 Å². The topological polar surface area (TPSA) is 49.3 Å². The molecule has 0 radical (unpaired) electrons. The van der Waals surface area contributed by atoms with Gasteiger partial charge in [0.2, 0.25) is 5.91 Å². The summed E-state index contributed by atoms with van der Waals surface area (Å²) in [6.07, 6.45) is 3.11. The summed E-state index contributed by atoms with van der Waals surface area (Å²) in [5.74, 6) is 2.62. The summed E-state index contributed by atoms with van der Waals surface area (Å²) in [5.41, 5.74) is 1.14. The normalized spacial score (nSPS) is 29.5. The molecular weight excluding hydrogens is 292 g/mol. The van der Waals surface area contributed by atoms with Gasteiger partial charge in [0.15, 0.2) is 0 Å². The highest BCUT2D eigenvalue weighted by Gasteiger charge is 2.44. The highest BCUT2D eigenvalue weighted by molar-refractivity contribution is 7.99. The number of aromatic nitrogens is 2. The third kappa shape index (κ3) is 2.16. The largest absolute Gasteiger partial charge is 0.330 e. The first-order valence-electron chi connectivity index (χ1n) is 7.25. The molecule has 0 unspecified atom stereocenters. The fraction of sp³-hybridized carbons (Fsp3) is 0.769. The molecule has 0 spiro atoms. The molecule has 20 heavy (non-hydrogen) atoms. The summed E-state index contributed by atoms with van der Waals surface area (Å²) in [6.45, 7) is 2.69. The maximum atomic E-state index is 12.7. The van der Waals surface area contributed by atoms with Crippen LogP contribution in [0.4, 0.5) is 0 Å². The van der Waals surface area contributed by atoms with Crippen LogP contribution in [-0.2, 0) is 11.2 Å². The highest BCUT2D eigenvalue weighted by Crippen LogP contribution is 2.44. The molecule has 1 amide bonds. The van der Waals surface area contributed by atoms with Gasteiger partial charge in [0.25, 0.3) is 0 Å². The molecule has 3 aliphatic rings. The average Bonchev–Trinajstić information content (AvgIpc) is 3.05. The van der Waals surface area contributed by atoms with E-state index in [9.17, 15) is 4.79 Å². The van der Waals surface area contributed by atoms with Crippen molar-refractivity contribution in [1.29, 1.82) is 0 Å². The van der Waals surface area contributed by atoms with E-state index in [1.165, 1.54) is 16.4 Å². The van der Waals surface area contributed by atoms with Gasteiger partial charge in [-0.1, -0.05) is 4.49 Å². The smallest absolute Gasteiger partial charge is 0.237 e. The Kier molecular flexibility index (Phi) is 3.44. The van der Waals surface area contributed by atoms with Gasteiger partial charge in [-0.15, -0.1) is 5.10 Å². The quantitative estimate of drug-likeness (QED) is 0.821. The molecule has 3 aliphatic heterocycles. The van der Waals surface area contributed by atoms with Crippen LogP contribution in [0.1, 0.15) is 29.5 Å². The van der Waals surface area contributed by atoms with Gasteiger partial charge in [0, 0.05) is 37.1 Å². The molecule has 1 aromatic rings. The molecule has 7 heteroatoms. The van der Waals surface area contributed by atoms with Crippen molar-refractivity contribution >= 4 is 29.2 Å². The highest BCUT2D eigenvalue weighted by atomic mass is 32.2. The van der Waals surface area contributed by atoms with Crippen LogP contribution in [0.2, 0.25) is 0 Å². The lowest BCUT2D eigenvalue weighted by Crippen LogP contribution is -2.47. The molecule has 5 nitrogen and oxygen atoms in total. The Bertz CT molecular complexity index is 514. The molecule has 0 aliphatic carbocycles. The standard InChI is InChI=1S/C13H18N4OS2/c18-12(8-16-3-5-19-6-4-16)17-9-1-2-11(17)13-10(7-9)14-15-20-13/h9,11H,1-8H2/t9-,11-/m1/s1. The van der Waals surface area contributed by atoms with Crippen LogP contribution in [0.5, 0.6) is 0 Å². The van der Waals surface area contributed by atoms with Gasteiger partial charge < -0.3 is 4.90 Å². The maximum Gasteiger partial charge on any atom is 0.237 e. The van der Waals surface area contributed by atoms with Crippen LogP contribution < -0.4 is 0 Å². The van der Waals surface area contributed by atoms with Crippen molar-refractivity contribution in [3.63, 3.8) is 0 Å². The third-order valence-corrected chi connectivity index (χ3v) is 6.38. The first-order chi connectivity index (χ1) is 9.83. The third-order valence-electron chi connectivity index (χ3n) is 4.57. The Morgan fingerprint density at radius 1 is 1.30 bits per heavy atom. The average molecular weight is 310 g/mol. The second kappa shape index (κ2) is 5.27. The van der Waals surface area contributed by atoms with Crippen molar-refractivity contribution in [3.05, 3.63) is 10.6 Å². The minimum Gasteiger partial charge on any atom is -0.330 e. The van der Waals surface area contributed by atoms with Crippen molar-refractivity contribution in [2.24, 2.45) is 0 Å². The molecule has 0 N–H and O–H groups in total. The molecule has 2 saturated heterocycles. The van der Waals surface area contributed by atoms with Gasteiger partial charge in [-0.05, 0) is 24.4 Å². The molecule has 2 fully saturated rings. The fourth-order valence-electron chi connectivity index (χ4n) is 3.58. The molecule has 4 rings (SSSR count). The summed E-state index contributed by atoms with van der Waals surface area (Å²) >= 11 is 3.47. The first-order valence-corrected chi connectivity index (χ1v) is 9.18. The zero-order chi connectivity index (χ0) is 13.5. The lowest BCUT2D eigenvalue weighted by Gasteiger charge is -2.36. The van der Waals surface area contributed by atoms with E-state index in [2.05, 4.69) is 19.4 Å². The maximum absolute atomic E-state index is 12.7. The predicted octanol–water partition coefficient (Wildman–Crippen LogP) is 1.18. The number of nitrogens with zero attached hydrogens (tertiary/aromatic N) is 4. The monoisotopic (exact) mass is 310 g/mol. The van der Waals surface area contributed by atoms with E-state index in [0.29, 0.717) is 18.5 Å². The van der Waals surface area contributed by atoms with Crippen LogP contribution in [0, 0.1) is 0 Å². The van der Waals surface area contributed by atoms with Crippen LogP contribution >= 0.6 is 23.3 Å². The Morgan fingerprint density at radius 3 is 3.00 bits per heavy atom. The Balaban J connectivity index is 1.50. The lowest BCUT2D eigenvalue weighted by molar-refractivity contribution is -0.135. The van der Waals surface area contributed by atoms with Crippen LogP contribution in [0.3, 0.4) is 0 Å². The van der Waals surface area contributed by atoms with Crippen LogP contribution in [0.25, 0.3) is 0 Å². The van der Waals surface area contributed by atoms with Crippen molar-refractivity contribution in [3.8, 4) is 0 Å². The van der Waals surface area contributed by atoms with Crippen LogP contribution in [0.15, 0.2) is 0 Å². The van der Waals surface area contributed by atoms with Crippen LogP contribution in [-0.4, -0.2) is 62.5 Å². The Labute approximate surface area is 126 Å². The summed E-state index contributed by atoms with van der Waals surface area (Å²) in [6, 6.07) is 0.624. The van der Waals surface area contributed by atoms with E-state index >= 15 is 0 Å². The number of hydrogen-bond donors (Lipinski definition) is 0. The zero-order valence-electron chi connectivity index (χ0n) is 11.3. The number of carbonyl (C=O) groups excluding carboxylic acids is 1. The molecular formula is C13H18N4OS2. The predicted molar refractivity (Wildman–Crippen MR) is 80.0 cm³/mol. The molecule has 2 atom stereocenters. The van der Waals surface area contributed by atoms with Gasteiger partial charge in [-0.25, -0.2) is 0 Å². The Hall–Kier alpha value is -0.660. The molecule has 108 valence electrons. The minimum absolute atomic E-state index is 0.260. The molecule has 1 aromatic heterocycles.